The van der Waals surface area contributed by atoms with Crippen LogP contribution in [0.25, 0.3) is 0 Å². The fourth-order valence-corrected chi connectivity index (χ4v) is 2.10. The van der Waals surface area contributed by atoms with Crippen molar-refractivity contribution in [1.29, 1.82) is 0 Å². The number of anilines is 1. The summed E-state index contributed by atoms with van der Waals surface area (Å²) in [4.78, 5) is 13.8. The molecule has 1 saturated carbocycles. The van der Waals surface area contributed by atoms with Gasteiger partial charge in [-0.2, -0.15) is 0 Å². The molecular formula is C10H14N2O. The summed E-state index contributed by atoms with van der Waals surface area (Å²) >= 11 is 0. The van der Waals surface area contributed by atoms with Gasteiger partial charge in [0.15, 0.2) is 0 Å². The molecular weight excluding hydrogens is 164 g/mol. The van der Waals surface area contributed by atoms with Crippen LogP contribution in [0, 0.1) is 0 Å². The third kappa shape index (κ3) is 1.46. The van der Waals surface area contributed by atoms with Gasteiger partial charge >= 0.3 is 0 Å². The molecule has 3 nitrogen and oxygen atoms in total. The monoisotopic (exact) mass is 178 g/mol. The molecule has 1 aromatic heterocycles. The number of nitrogen functional groups attached to an aromatic ring is 1. The summed E-state index contributed by atoms with van der Waals surface area (Å²) in [5.74, 6) is 0.516. The number of rotatable bonds is 1. The number of pyridine rings is 1. The molecule has 1 fully saturated rings. The summed E-state index contributed by atoms with van der Waals surface area (Å²) in [6.45, 7) is 0. The molecule has 1 aliphatic carbocycles. The Labute approximate surface area is 77.0 Å². The van der Waals surface area contributed by atoms with Crippen molar-refractivity contribution in [3.8, 4) is 0 Å². The van der Waals surface area contributed by atoms with E-state index in [1.165, 1.54) is 25.7 Å². The van der Waals surface area contributed by atoms with Crippen LogP contribution in [0.2, 0.25) is 0 Å². The third-order valence-corrected chi connectivity index (χ3v) is 2.83. The molecule has 0 amide bonds. The smallest absolute Gasteiger partial charge is 0.271 e. The highest BCUT2D eigenvalue weighted by molar-refractivity contribution is 5.46. The van der Waals surface area contributed by atoms with Crippen molar-refractivity contribution in [3.63, 3.8) is 0 Å². The van der Waals surface area contributed by atoms with Gasteiger partial charge < -0.3 is 10.7 Å². The Balaban J connectivity index is 2.39. The van der Waals surface area contributed by atoms with E-state index in [0.717, 1.165) is 5.56 Å². The quantitative estimate of drug-likeness (QED) is 0.686. The maximum atomic E-state index is 11.2. The van der Waals surface area contributed by atoms with Gasteiger partial charge in [-0.05, 0) is 30.4 Å². The summed E-state index contributed by atoms with van der Waals surface area (Å²) in [5.41, 5.74) is 7.02. The van der Waals surface area contributed by atoms with E-state index in [4.69, 9.17) is 5.73 Å². The highest BCUT2D eigenvalue weighted by Crippen LogP contribution is 2.35. The summed E-state index contributed by atoms with van der Waals surface area (Å²) in [6.07, 6.45) is 6.56. The van der Waals surface area contributed by atoms with Crippen molar-refractivity contribution in [2.75, 3.05) is 5.73 Å². The summed E-state index contributed by atoms with van der Waals surface area (Å²) in [6, 6.07) is 1.94. The molecule has 0 aromatic carbocycles. The second-order valence-electron chi connectivity index (χ2n) is 3.66. The first-order chi connectivity index (χ1) is 6.29. The van der Waals surface area contributed by atoms with Crippen molar-refractivity contribution in [2.24, 2.45) is 0 Å². The van der Waals surface area contributed by atoms with Gasteiger partial charge in [-0.15, -0.1) is 0 Å². The van der Waals surface area contributed by atoms with Crippen LogP contribution in [0.1, 0.15) is 37.2 Å². The Morgan fingerprint density at radius 1 is 1.38 bits per heavy atom. The van der Waals surface area contributed by atoms with Crippen molar-refractivity contribution in [3.05, 3.63) is 28.2 Å². The summed E-state index contributed by atoms with van der Waals surface area (Å²) in [5, 5.41) is 0. The zero-order chi connectivity index (χ0) is 9.26. The minimum absolute atomic E-state index is 0.149. The van der Waals surface area contributed by atoms with Gasteiger partial charge in [0.05, 0.1) is 0 Å². The number of hydrogen-bond acceptors (Lipinski definition) is 2. The van der Waals surface area contributed by atoms with E-state index in [1.807, 2.05) is 6.07 Å². The Kier molecular flexibility index (Phi) is 2.08. The standard InChI is InChI=1S/C10H14N2O/c11-9-8(5-6-12-10(9)13)7-3-1-2-4-7/h5-7H,1-4,11H2,(H,12,13). The molecule has 3 heteroatoms. The molecule has 13 heavy (non-hydrogen) atoms. The van der Waals surface area contributed by atoms with Crippen LogP contribution in [0.3, 0.4) is 0 Å². The second kappa shape index (κ2) is 3.24. The topological polar surface area (TPSA) is 58.9 Å². The molecule has 0 unspecified atom stereocenters. The van der Waals surface area contributed by atoms with E-state index in [9.17, 15) is 4.79 Å². The van der Waals surface area contributed by atoms with E-state index >= 15 is 0 Å². The molecule has 1 aromatic rings. The maximum absolute atomic E-state index is 11.2. The molecule has 0 aliphatic heterocycles. The molecule has 1 heterocycles. The van der Waals surface area contributed by atoms with Gasteiger partial charge in [-0.1, -0.05) is 12.8 Å². The Hall–Kier alpha value is -1.25. The number of nitrogens with two attached hydrogens (primary N) is 1. The highest BCUT2D eigenvalue weighted by atomic mass is 16.1. The van der Waals surface area contributed by atoms with E-state index < -0.39 is 0 Å². The van der Waals surface area contributed by atoms with Crippen LogP contribution in [0.4, 0.5) is 5.69 Å². The zero-order valence-electron chi connectivity index (χ0n) is 7.55. The molecule has 2 rings (SSSR count). The normalized spacial score (nSPS) is 17.8. The molecule has 3 N–H and O–H groups in total. The fraction of sp³-hybridized carbons (Fsp3) is 0.500. The number of hydrogen-bond donors (Lipinski definition) is 2. The minimum Gasteiger partial charge on any atom is -0.394 e. The van der Waals surface area contributed by atoms with Crippen LogP contribution in [0.15, 0.2) is 17.1 Å². The third-order valence-electron chi connectivity index (χ3n) is 2.83. The molecule has 1 aliphatic rings. The maximum Gasteiger partial charge on any atom is 0.271 e. The van der Waals surface area contributed by atoms with Gasteiger partial charge in [0.1, 0.15) is 5.69 Å². The summed E-state index contributed by atoms with van der Waals surface area (Å²) < 4.78 is 0. The predicted molar refractivity (Wildman–Crippen MR) is 52.7 cm³/mol. The lowest BCUT2D eigenvalue weighted by Gasteiger charge is -2.10. The molecule has 0 bridgehead atoms. The SMILES string of the molecule is Nc1c(C2CCCC2)cc[nH]c1=O. The van der Waals surface area contributed by atoms with Gasteiger partial charge in [0.2, 0.25) is 0 Å². The Morgan fingerprint density at radius 3 is 2.77 bits per heavy atom. The zero-order valence-corrected chi connectivity index (χ0v) is 7.55. The highest BCUT2D eigenvalue weighted by Gasteiger charge is 2.19. The fourth-order valence-electron chi connectivity index (χ4n) is 2.10. The first-order valence-corrected chi connectivity index (χ1v) is 4.76. The number of aromatic amines is 1. The summed E-state index contributed by atoms with van der Waals surface area (Å²) in [7, 11) is 0. The minimum atomic E-state index is -0.149. The van der Waals surface area contributed by atoms with E-state index in [-0.39, 0.29) is 5.56 Å². The second-order valence-corrected chi connectivity index (χ2v) is 3.66. The molecule has 0 radical (unpaired) electrons. The van der Waals surface area contributed by atoms with E-state index in [2.05, 4.69) is 4.98 Å². The number of H-pyrrole nitrogens is 1. The van der Waals surface area contributed by atoms with E-state index in [1.54, 1.807) is 6.20 Å². The molecule has 0 atom stereocenters. The van der Waals surface area contributed by atoms with Gasteiger partial charge in [-0.25, -0.2) is 0 Å². The average Bonchev–Trinajstić information content (AvgIpc) is 2.62. The lowest BCUT2D eigenvalue weighted by atomic mass is 9.97. The largest absolute Gasteiger partial charge is 0.394 e. The van der Waals surface area contributed by atoms with Crippen molar-refractivity contribution in [1.82, 2.24) is 4.98 Å². The van der Waals surface area contributed by atoms with Crippen molar-refractivity contribution >= 4 is 5.69 Å². The van der Waals surface area contributed by atoms with Crippen LogP contribution in [-0.4, -0.2) is 4.98 Å². The van der Waals surface area contributed by atoms with Crippen LogP contribution in [-0.2, 0) is 0 Å². The van der Waals surface area contributed by atoms with Crippen molar-refractivity contribution < 1.29 is 0 Å². The number of aromatic nitrogens is 1. The van der Waals surface area contributed by atoms with Gasteiger partial charge in [0, 0.05) is 6.20 Å². The predicted octanol–water partition coefficient (Wildman–Crippen LogP) is 1.61. The van der Waals surface area contributed by atoms with Crippen LogP contribution >= 0.6 is 0 Å². The first-order valence-electron chi connectivity index (χ1n) is 4.76. The first kappa shape index (κ1) is 8.35. The Bertz CT molecular complexity index is 350. The van der Waals surface area contributed by atoms with Crippen LogP contribution < -0.4 is 11.3 Å². The van der Waals surface area contributed by atoms with Gasteiger partial charge in [0.25, 0.3) is 5.56 Å². The molecule has 0 spiro atoms. The van der Waals surface area contributed by atoms with E-state index in [0.29, 0.717) is 11.6 Å². The van der Waals surface area contributed by atoms with Crippen LogP contribution in [0.5, 0.6) is 0 Å². The number of nitrogens with one attached hydrogen (secondary N) is 1. The lowest BCUT2D eigenvalue weighted by Crippen LogP contribution is -2.14. The van der Waals surface area contributed by atoms with Crippen molar-refractivity contribution in [2.45, 2.75) is 31.6 Å². The lowest BCUT2D eigenvalue weighted by molar-refractivity contribution is 0.723. The molecule has 0 saturated heterocycles. The van der Waals surface area contributed by atoms with Gasteiger partial charge in [-0.3, -0.25) is 4.79 Å². The average molecular weight is 178 g/mol. The Morgan fingerprint density at radius 2 is 2.08 bits per heavy atom. The molecule has 70 valence electrons.